The maximum absolute atomic E-state index is 11.9. The van der Waals surface area contributed by atoms with Crippen LogP contribution in [0.2, 0.25) is 0 Å². The number of ether oxygens (including phenoxy) is 2. The Morgan fingerprint density at radius 3 is 1.93 bits per heavy atom. The number of carbonyl (C=O) groups excluding carboxylic acids is 2. The van der Waals surface area contributed by atoms with E-state index in [0.717, 1.165) is 25.7 Å². The number of hydrogen-bond acceptors (Lipinski definition) is 6. The standard InChI is InChI=1S/C21H33O8P/c1-3-4-5-6-7-8-9-10-11-12-13-14-15-16-21(23)29-20(17-27-19(2)22)18-28-30(24,25)26/h4-5,7-8,10-11,13-14,20H,3,6,9,12,15-18H2,1-2H3,(H2,24,25,26)/b5-4-,8-7-,11-10-,14-13-. The van der Waals surface area contributed by atoms with Gasteiger partial charge in [-0.2, -0.15) is 0 Å². The van der Waals surface area contributed by atoms with E-state index in [1.54, 1.807) is 0 Å². The van der Waals surface area contributed by atoms with E-state index in [0.29, 0.717) is 6.42 Å². The number of rotatable bonds is 16. The van der Waals surface area contributed by atoms with Crippen molar-refractivity contribution in [3.63, 3.8) is 0 Å². The van der Waals surface area contributed by atoms with E-state index in [1.807, 2.05) is 18.2 Å². The van der Waals surface area contributed by atoms with Gasteiger partial charge in [-0.25, -0.2) is 4.57 Å². The Morgan fingerprint density at radius 2 is 1.43 bits per heavy atom. The summed E-state index contributed by atoms with van der Waals surface area (Å²) in [7, 11) is -4.72. The van der Waals surface area contributed by atoms with Gasteiger partial charge in [-0.05, 0) is 32.1 Å². The molecule has 9 heteroatoms. The second-order valence-electron chi connectivity index (χ2n) is 6.24. The molecule has 0 aromatic heterocycles. The molecule has 0 aromatic rings. The van der Waals surface area contributed by atoms with Crippen molar-refractivity contribution in [3.8, 4) is 0 Å². The third-order valence-corrected chi connectivity index (χ3v) is 3.92. The summed E-state index contributed by atoms with van der Waals surface area (Å²) in [5, 5.41) is 0. The van der Waals surface area contributed by atoms with E-state index in [1.165, 1.54) is 6.92 Å². The first-order valence-electron chi connectivity index (χ1n) is 9.87. The van der Waals surface area contributed by atoms with Crippen LogP contribution in [0.25, 0.3) is 0 Å². The summed E-state index contributed by atoms with van der Waals surface area (Å²) >= 11 is 0. The minimum atomic E-state index is -4.72. The Bertz CT molecular complexity index is 645. The zero-order chi connectivity index (χ0) is 22.7. The number of phosphoric ester groups is 1. The predicted octanol–water partition coefficient (Wildman–Crippen LogP) is 4.16. The lowest BCUT2D eigenvalue weighted by Gasteiger charge is -2.17. The van der Waals surface area contributed by atoms with Crippen LogP contribution in [0, 0.1) is 0 Å². The van der Waals surface area contributed by atoms with Gasteiger partial charge in [0.25, 0.3) is 0 Å². The van der Waals surface area contributed by atoms with E-state index in [4.69, 9.17) is 19.3 Å². The highest BCUT2D eigenvalue weighted by Crippen LogP contribution is 2.35. The van der Waals surface area contributed by atoms with Crippen LogP contribution < -0.4 is 0 Å². The molecule has 1 atom stereocenters. The fourth-order valence-electron chi connectivity index (χ4n) is 2.05. The molecule has 0 aliphatic rings. The highest BCUT2D eigenvalue weighted by Gasteiger charge is 2.22. The summed E-state index contributed by atoms with van der Waals surface area (Å²) in [6, 6.07) is 0. The van der Waals surface area contributed by atoms with Gasteiger partial charge < -0.3 is 19.3 Å². The summed E-state index contributed by atoms with van der Waals surface area (Å²) in [5.74, 6) is -1.18. The van der Waals surface area contributed by atoms with Crippen LogP contribution in [-0.2, 0) is 28.2 Å². The van der Waals surface area contributed by atoms with Gasteiger partial charge in [0.05, 0.1) is 6.61 Å². The summed E-state index contributed by atoms with van der Waals surface area (Å²) in [4.78, 5) is 40.2. The van der Waals surface area contributed by atoms with Gasteiger partial charge in [-0.15, -0.1) is 0 Å². The Balaban J connectivity index is 4.09. The molecule has 0 fully saturated rings. The van der Waals surface area contributed by atoms with Crippen molar-refractivity contribution in [2.45, 2.75) is 58.5 Å². The molecule has 30 heavy (non-hydrogen) atoms. The molecule has 170 valence electrons. The van der Waals surface area contributed by atoms with E-state index < -0.39 is 32.5 Å². The summed E-state index contributed by atoms with van der Waals surface area (Å²) in [6.07, 6.45) is 19.5. The van der Waals surface area contributed by atoms with Gasteiger partial charge in [0.1, 0.15) is 6.61 Å². The number of carbonyl (C=O) groups is 2. The Kier molecular flexibility index (Phi) is 16.7. The fourth-order valence-corrected chi connectivity index (χ4v) is 2.41. The number of esters is 2. The molecule has 0 saturated carbocycles. The molecule has 2 N–H and O–H groups in total. The van der Waals surface area contributed by atoms with Crippen LogP contribution in [0.15, 0.2) is 48.6 Å². The van der Waals surface area contributed by atoms with Crippen LogP contribution in [0.1, 0.15) is 52.4 Å². The number of allylic oxidation sites excluding steroid dienone is 8. The minimum absolute atomic E-state index is 0.0840. The maximum Gasteiger partial charge on any atom is 0.469 e. The highest BCUT2D eigenvalue weighted by molar-refractivity contribution is 7.46. The van der Waals surface area contributed by atoms with Crippen molar-refractivity contribution in [2.24, 2.45) is 0 Å². The molecule has 1 unspecified atom stereocenters. The van der Waals surface area contributed by atoms with Crippen molar-refractivity contribution in [1.82, 2.24) is 0 Å². The fraction of sp³-hybridized carbons (Fsp3) is 0.524. The lowest BCUT2D eigenvalue weighted by atomic mass is 10.2. The quantitative estimate of drug-likeness (QED) is 0.207. The lowest BCUT2D eigenvalue weighted by molar-refractivity contribution is -0.160. The van der Waals surface area contributed by atoms with Crippen LogP contribution in [0.5, 0.6) is 0 Å². The van der Waals surface area contributed by atoms with E-state index in [9.17, 15) is 14.2 Å². The van der Waals surface area contributed by atoms with Crippen LogP contribution in [0.4, 0.5) is 0 Å². The van der Waals surface area contributed by atoms with Crippen molar-refractivity contribution >= 4 is 19.8 Å². The van der Waals surface area contributed by atoms with Crippen molar-refractivity contribution < 1.29 is 37.9 Å². The first-order valence-corrected chi connectivity index (χ1v) is 11.4. The lowest BCUT2D eigenvalue weighted by Crippen LogP contribution is -2.29. The average molecular weight is 444 g/mol. The van der Waals surface area contributed by atoms with Crippen LogP contribution in [0.3, 0.4) is 0 Å². The second-order valence-corrected chi connectivity index (χ2v) is 7.48. The minimum Gasteiger partial charge on any atom is -0.462 e. The van der Waals surface area contributed by atoms with Gasteiger partial charge >= 0.3 is 19.8 Å². The smallest absolute Gasteiger partial charge is 0.462 e. The molecule has 0 amide bonds. The zero-order valence-electron chi connectivity index (χ0n) is 17.6. The Hall–Kier alpha value is -1.99. The largest absolute Gasteiger partial charge is 0.469 e. The SMILES string of the molecule is CC/C=C\C/C=C\C/C=C\C/C=C\CCC(=O)OC(COC(C)=O)COP(=O)(O)O. The molecule has 0 aliphatic heterocycles. The highest BCUT2D eigenvalue weighted by atomic mass is 31.2. The van der Waals surface area contributed by atoms with Gasteiger partial charge in [0.2, 0.25) is 0 Å². The van der Waals surface area contributed by atoms with Gasteiger partial charge in [0.15, 0.2) is 6.10 Å². The molecule has 0 radical (unpaired) electrons. The summed E-state index contributed by atoms with van der Waals surface area (Å²) in [6.45, 7) is 2.36. The van der Waals surface area contributed by atoms with E-state index >= 15 is 0 Å². The third-order valence-electron chi connectivity index (χ3n) is 3.43. The Labute approximate surface area is 178 Å². The van der Waals surface area contributed by atoms with Crippen molar-refractivity contribution in [2.75, 3.05) is 13.2 Å². The predicted molar refractivity (Wildman–Crippen MR) is 114 cm³/mol. The van der Waals surface area contributed by atoms with Crippen molar-refractivity contribution in [1.29, 1.82) is 0 Å². The molecule has 0 aromatic carbocycles. The van der Waals surface area contributed by atoms with Crippen LogP contribution in [-0.4, -0.2) is 41.0 Å². The molecular weight excluding hydrogens is 411 g/mol. The van der Waals surface area contributed by atoms with Gasteiger partial charge in [0, 0.05) is 13.3 Å². The molecule has 0 rings (SSSR count). The molecule has 0 heterocycles. The van der Waals surface area contributed by atoms with E-state index in [-0.39, 0.29) is 13.0 Å². The maximum atomic E-state index is 11.9. The molecular formula is C21H33O8P. The summed E-state index contributed by atoms with van der Waals surface area (Å²) in [5.41, 5.74) is 0. The Morgan fingerprint density at radius 1 is 0.900 bits per heavy atom. The van der Waals surface area contributed by atoms with Crippen LogP contribution >= 0.6 is 7.82 Å². The molecule has 0 saturated heterocycles. The molecule has 0 spiro atoms. The average Bonchev–Trinajstić information content (AvgIpc) is 2.66. The second kappa shape index (κ2) is 17.8. The van der Waals surface area contributed by atoms with E-state index in [2.05, 4.69) is 41.8 Å². The molecule has 0 aliphatic carbocycles. The molecule has 0 bridgehead atoms. The summed E-state index contributed by atoms with van der Waals surface area (Å²) < 4.78 is 24.9. The first kappa shape index (κ1) is 28.0. The number of hydrogen-bond donors (Lipinski definition) is 2. The molecule has 8 nitrogen and oxygen atoms in total. The normalized spacial score (nSPS) is 13.6. The number of phosphoric acid groups is 1. The first-order chi connectivity index (χ1) is 14.2. The van der Waals surface area contributed by atoms with Crippen molar-refractivity contribution in [3.05, 3.63) is 48.6 Å². The van der Waals surface area contributed by atoms with Gasteiger partial charge in [-0.3, -0.25) is 14.1 Å². The third kappa shape index (κ3) is 20.7. The zero-order valence-corrected chi connectivity index (χ0v) is 18.5. The topological polar surface area (TPSA) is 119 Å². The van der Waals surface area contributed by atoms with Gasteiger partial charge in [-0.1, -0.05) is 55.5 Å². The monoisotopic (exact) mass is 444 g/mol.